The van der Waals surface area contributed by atoms with Gasteiger partial charge in [0, 0.05) is 5.02 Å². The molecule has 18 heavy (non-hydrogen) atoms. The van der Waals surface area contributed by atoms with Crippen molar-refractivity contribution in [2.24, 2.45) is 0 Å². The maximum absolute atomic E-state index is 13.0. The minimum Gasteiger partial charge on any atom is -0.381 e. The molecule has 1 aromatic heterocycles. The lowest BCUT2D eigenvalue weighted by atomic mass is 10.2. The van der Waals surface area contributed by atoms with Gasteiger partial charge in [-0.1, -0.05) is 36.2 Å². The number of nitrogens with zero attached hydrogens (tertiary/aromatic N) is 3. The van der Waals surface area contributed by atoms with Gasteiger partial charge in [0.25, 0.3) is 0 Å². The molecule has 0 fully saturated rings. The van der Waals surface area contributed by atoms with Crippen LogP contribution >= 0.6 is 11.6 Å². The highest BCUT2D eigenvalue weighted by molar-refractivity contribution is 6.31. The normalized spacial score (nSPS) is 10.8. The Balaban J connectivity index is 2.28. The number of rotatable bonds is 4. The molecule has 0 spiro atoms. The first kappa shape index (κ1) is 12.8. The number of anilines is 1. The molecule has 2 aromatic rings. The van der Waals surface area contributed by atoms with Crippen molar-refractivity contribution in [3.8, 4) is 0 Å². The van der Waals surface area contributed by atoms with Crippen molar-refractivity contribution in [1.82, 2.24) is 15.0 Å². The van der Waals surface area contributed by atoms with Crippen LogP contribution in [-0.2, 0) is 13.0 Å². The second kappa shape index (κ2) is 5.35. The molecule has 0 saturated carbocycles. The van der Waals surface area contributed by atoms with Gasteiger partial charge in [-0.15, -0.1) is 5.10 Å². The summed E-state index contributed by atoms with van der Waals surface area (Å²) in [5, 5.41) is 8.22. The largest absolute Gasteiger partial charge is 0.381 e. The number of nitrogens with two attached hydrogens (primary N) is 1. The van der Waals surface area contributed by atoms with Crippen molar-refractivity contribution in [3.63, 3.8) is 0 Å². The van der Waals surface area contributed by atoms with E-state index in [1.165, 1.54) is 12.1 Å². The zero-order valence-corrected chi connectivity index (χ0v) is 10.8. The average Bonchev–Trinajstić information content (AvgIpc) is 2.66. The van der Waals surface area contributed by atoms with Gasteiger partial charge < -0.3 is 5.73 Å². The van der Waals surface area contributed by atoms with Crippen molar-refractivity contribution in [1.29, 1.82) is 0 Å². The monoisotopic (exact) mass is 268 g/mol. The molecule has 0 amide bonds. The molecule has 2 N–H and O–H groups in total. The van der Waals surface area contributed by atoms with E-state index in [2.05, 4.69) is 17.2 Å². The molecule has 0 radical (unpaired) electrons. The zero-order chi connectivity index (χ0) is 13.1. The third kappa shape index (κ3) is 2.61. The molecule has 0 bridgehead atoms. The van der Waals surface area contributed by atoms with E-state index >= 15 is 0 Å². The van der Waals surface area contributed by atoms with Crippen molar-refractivity contribution in [3.05, 3.63) is 40.3 Å². The van der Waals surface area contributed by atoms with Crippen molar-refractivity contribution in [2.75, 3.05) is 5.73 Å². The highest BCUT2D eigenvalue weighted by Gasteiger charge is 2.11. The van der Waals surface area contributed by atoms with E-state index in [0.717, 1.165) is 24.1 Å². The van der Waals surface area contributed by atoms with E-state index in [0.29, 0.717) is 17.4 Å². The van der Waals surface area contributed by atoms with E-state index in [1.54, 1.807) is 10.7 Å². The van der Waals surface area contributed by atoms with Crippen LogP contribution in [0.2, 0.25) is 5.02 Å². The Morgan fingerprint density at radius 3 is 2.89 bits per heavy atom. The van der Waals surface area contributed by atoms with Gasteiger partial charge in [0.2, 0.25) is 0 Å². The number of aromatic nitrogens is 3. The summed E-state index contributed by atoms with van der Waals surface area (Å²) in [4.78, 5) is 0. The summed E-state index contributed by atoms with van der Waals surface area (Å²) in [6.45, 7) is 2.50. The first-order valence-electron chi connectivity index (χ1n) is 5.73. The lowest BCUT2D eigenvalue weighted by Gasteiger charge is -2.07. The summed E-state index contributed by atoms with van der Waals surface area (Å²) in [5.74, 6) is 0.0886. The Morgan fingerprint density at radius 2 is 2.22 bits per heavy atom. The average molecular weight is 269 g/mol. The Bertz CT molecular complexity index is 553. The molecule has 0 aliphatic heterocycles. The third-order valence-corrected chi connectivity index (χ3v) is 3.04. The molecule has 6 heteroatoms. The predicted molar refractivity (Wildman–Crippen MR) is 68.9 cm³/mol. The predicted octanol–water partition coefficient (Wildman–Crippen LogP) is 2.65. The minimum absolute atomic E-state index is 0.351. The van der Waals surface area contributed by atoms with Crippen LogP contribution in [0.3, 0.4) is 0 Å². The number of nitrogen functional groups attached to an aromatic ring is 1. The third-order valence-electron chi connectivity index (χ3n) is 2.69. The Labute approximate surface area is 110 Å². The molecule has 96 valence electrons. The molecule has 0 saturated heterocycles. The molecule has 0 aliphatic rings. The molecule has 0 unspecified atom stereocenters. The molecule has 2 rings (SSSR count). The van der Waals surface area contributed by atoms with E-state index in [9.17, 15) is 4.39 Å². The summed E-state index contributed by atoms with van der Waals surface area (Å²) >= 11 is 5.98. The van der Waals surface area contributed by atoms with Gasteiger partial charge in [-0.2, -0.15) is 0 Å². The summed E-state index contributed by atoms with van der Waals surface area (Å²) < 4.78 is 14.7. The van der Waals surface area contributed by atoms with Crippen LogP contribution in [0.1, 0.15) is 24.6 Å². The molecule has 4 nitrogen and oxygen atoms in total. The Hall–Kier alpha value is -1.62. The Kier molecular flexibility index (Phi) is 3.81. The summed E-state index contributed by atoms with van der Waals surface area (Å²) in [7, 11) is 0. The van der Waals surface area contributed by atoms with E-state index in [1.807, 2.05) is 0 Å². The van der Waals surface area contributed by atoms with Gasteiger partial charge in [0.15, 0.2) is 5.82 Å². The fourth-order valence-electron chi connectivity index (χ4n) is 1.78. The minimum atomic E-state index is -0.351. The van der Waals surface area contributed by atoms with Crippen LogP contribution in [0.15, 0.2) is 18.2 Å². The smallest absolute Gasteiger partial charge is 0.169 e. The summed E-state index contributed by atoms with van der Waals surface area (Å²) in [6, 6.07) is 4.31. The van der Waals surface area contributed by atoms with Crippen LogP contribution in [-0.4, -0.2) is 15.0 Å². The Morgan fingerprint density at radius 1 is 1.44 bits per heavy atom. The van der Waals surface area contributed by atoms with Gasteiger partial charge in [-0.05, 0) is 24.1 Å². The lowest BCUT2D eigenvalue weighted by molar-refractivity contribution is 0.607. The first-order chi connectivity index (χ1) is 8.61. The fraction of sp³-hybridized carbons (Fsp3) is 0.333. The molecular weight excluding hydrogens is 255 g/mol. The van der Waals surface area contributed by atoms with Crippen LogP contribution in [0, 0.1) is 5.82 Å². The summed E-state index contributed by atoms with van der Waals surface area (Å²) in [5.41, 5.74) is 7.43. The standard InChI is InChI=1S/C12H14ClFN4/c1-2-3-11-12(15)16-17-18(11)7-8-4-5-9(14)6-10(8)13/h4-6H,2-3,7,15H2,1H3. The fourth-order valence-corrected chi connectivity index (χ4v) is 2.01. The van der Waals surface area contributed by atoms with Gasteiger partial charge >= 0.3 is 0 Å². The van der Waals surface area contributed by atoms with Gasteiger partial charge in [0.05, 0.1) is 12.2 Å². The SMILES string of the molecule is CCCc1c(N)nnn1Cc1ccc(F)cc1Cl. The molecule has 0 aliphatic carbocycles. The van der Waals surface area contributed by atoms with Crippen LogP contribution in [0.4, 0.5) is 10.2 Å². The van der Waals surface area contributed by atoms with Gasteiger partial charge in [-0.25, -0.2) is 9.07 Å². The highest BCUT2D eigenvalue weighted by Crippen LogP contribution is 2.20. The lowest BCUT2D eigenvalue weighted by Crippen LogP contribution is -2.08. The topological polar surface area (TPSA) is 56.7 Å². The molecule has 1 heterocycles. The van der Waals surface area contributed by atoms with E-state index in [-0.39, 0.29) is 5.82 Å². The molecular formula is C12H14ClFN4. The quantitative estimate of drug-likeness (QED) is 0.927. The van der Waals surface area contributed by atoms with Crippen LogP contribution in [0.5, 0.6) is 0 Å². The maximum Gasteiger partial charge on any atom is 0.169 e. The van der Waals surface area contributed by atoms with Crippen molar-refractivity contribution >= 4 is 17.4 Å². The van der Waals surface area contributed by atoms with E-state index in [4.69, 9.17) is 17.3 Å². The van der Waals surface area contributed by atoms with Crippen LogP contribution in [0.25, 0.3) is 0 Å². The first-order valence-corrected chi connectivity index (χ1v) is 6.11. The second-order valence-electron chi connectivity index (χ2n) is 4.06. The molecule has 0 atom stereocenters. The number of hydrogen-bond donors (Lipinski definition) is 1. The zero-order valence-electron chi connectivity index (χ0n) is 10.0. The highest BCUT2D eigenvalue weighted by atomic mass is 35.5. The maximum atomic E-state index is 13.0. The van der Waals surface area contributed by atoms with Crippen molar-refractivity contribution < 1.29 is 4.39 Å². The van der Waals surface area contributed by atoms with E-state index < -0.39 is 0 Å². The van der Waals surface area contributed by atoms with Gasteiger partial charge in [-0.3, -0.25) is 0 Å². The molecule has 1 aromatic carbocycles. The van der Waals surface area contributed by atoms with Gasteiger partial charge in [0.1, 0.15) is 5.82 Å². The van der Waals surface area contributed by atoms with Crippen molar-refractivity contribution in [2.45, 2.75) is 26.3 Å². The summed E-state index contributed by atoms with van der Waals surface area (Å²) in [6.07, 6.45) is 1.76. The number of halogens is 2. The van der Waals surface area contributed by atoms with Crippen LogP contribution < -0.4 is 5.73 Å². The number of benzene rings is 1. The number of hydrogen-bond acceptors (Lipinski definition) is 3. The second-order valence-corrected chi connectivity index (χ2v) is 4.47.